The summed E-state index contributed by atoms with van der Waals surface area (Å²) in [6, 6.07) is 21.6. The van der Waals surface area contributed by atoms with E-state index >= 15 is 0 Å². The lowest BCUT2D eigenvalue weighted by molar-refractivity contribution is -0.142. The molecule has 0 saturated heterocycles. The Morgan fingerprint density at radius 2 is 1.67 bits per heavy atom. The zero-order valence-corrected chi connectivity index (χ0v) is 22.2. The van der Waals surface area contributed by atoms with Crippen LogP contribution >= 0.6 is 23.2 Å². The van der Waals surface area contributed by atoms with Crippen LogP contribution < -0.4 is 10.1 Å². The molecule has 0 aliphatic heterocycles. The van der Waals surface area contributed by atoms with E-state index in [1.165, 1.54) is 4.90 Å². The van der Waals surface area contributed by atoms with E-state index in [4.69, 9.17) is 27.9 Å². The van der Waals surface area contributed by atoms with E-state index in [0.29, 0.717) is 34.3 Å². The van der Waals surface area contributed by atoms with Crippen molar-refractivity contribution in [2.45, 2.75) is 45.7 Å². The average Bonchev–Trinajstić information content (AvgIpc) is 2.87. The molecule has 36 heavy (non-hydrogen) atoms. The van der Waals surface area contributed by atoms with Gasteiger partial charge in [-0.25, -0.2) is 0 Å². The number of benzene rings is 3. The number of carbonyl (C=O) groups excluding carboxylic acids is 2. The van der Waals surface area contributed by atoms with Crippen molar-refractivity contribution in [3.8, 4) is 5.75 Å². The van der Waals surface area contributed by atoms with Crippen molar-refractivity contribution >= 4 is 35.0 Å². The second-order valence-corrected chi connectivity index (χ2v) is 9.49. The van der Waals surface area contributed by atoms with Gasteiger partial charge in [0.15, 0.2) is 6.61 Å². The molecule has 0 bridgehead atoms. The Bertz CT molecular complexity index is 1130. The number of unbranched alkanes of at least 4 members (excludes halogenated alkanes) is 1. The van der Waals surface area contributed by atoms with Gasteiger partial charge in [0, 0.05) is 35.1 Å². The summed E-state index contributed by atoms with van der Waals surface area (Å²) in [5, 5.41) is 3.87. The molecule has 7 heteroatoms. The molecule has 0 spiro atoms. The molecule has 5 nitrogen and oxygen atoms in total. The Kier molecular flexibility index (Phi) is 10.6. The first-order valence-electron chi connectivity index (χ1n) is 12.1. The van der Waals surface area contributed by atoms with Crippen LogP contribution in [0.15, 0.2) is 72.8 Å². The molecule has 1 atom stereocenters. The summed E-state index contributed by atoms with van der Waals surface area (Å²) in [7, 11) is 0. The zero-order valence-electron chi connectivity index (χ0n) is 20.7. The summed E-state index contributed by atoms with van der Waals surface area (Å²) in [6.45, 7) is 4.41. The summed E-state index contributed by atoms with van der Waals surface area (Å²) in [5.74, 6) is 0.0320. The molecule has 0 saturated carbocycles. The molecule has 0 aromatic heterocycles. The first-order valence-corrected chi connectivity index (χ1v) is 12.9. The minimum absolute atomic E-state index is 0.0766. The fourth-order valence-corrected chi connectivity index (χ4v) is 4.36. The van der Waals surface area contributed by atoms with Crippen LogP contribution in [0.1, 0.15) is 36.5 Å². The predicted molar refractivity (Wildman–Crippen MR) is 146 cm³/mol. The van der Waals surface area contributed by atoms with Gasteiger partial charge in [0.1, 0.15) is 11.8 Å². The minimum atomic E-state index is -0.773. The second-order valence-electron chi connectivity index (χ2n) is 8.68. The molecule has 3 aromatic rings. The van der Waals surface area contributed by atoms with Gasteiger partial charge in [-0.2, -0.15) is 0 Å². The summed E-state index contributed by atoms with van der Waals surface area (Å²) in [5.41, 5.74) is 2.55. The largest absolute Gasteiger partial charge is 0.484 e. The highest BCUT2D eigenvalue weighted by Gasteiger charge is 2.31. The van der Waals surface area contributed by atoms with Crippen LogP contribution in [-0.2, 0) is 22.6 Å². The van der Waals surface area contributed by atoms with E-state index < -0.39 is 6.04 Å². The van der Waals surface area contributed by atoms with Crippen molar-refractivity contribution in [3.63, 3.8) is 0 Å². The van der Waals surface area contributed by atoms with Gasteiger partial charge in [-0.1, -0.05) is 85.1 Å². The Morgan fingerprint density at radius 3 is 2.33 bits per heavy atom. The third-order valence-corrected chi connectivity index (χ3v) is 6.55. The van der Waals surface area contributed by atoms with Crippen molar-refractivity contribution < 1.29 is 14.3 Å². The van der Waals surface area contributed by atoms with Crippen LogP contribution in [0.25, 0.3) is 0 Å². The maximum atomic E-state index is 13.6. The maximum Gasteiger partial charge on any atom is 0.261 e. The second kappa shape index (κ2) is 13.9. The van der Waals surface area contributed by atoms with Gasteiger partial charge in [-0.05, 0) is 48.7 Å². The predicted octanol–water partition coefficient (Wildman–Crippen LogP) is 6.24. The van der Waals surface area contributed by atoms with Crippen LogP contribution in [-0.4, -0.2) is 35.9 Å². The molecule has 3 aromatic carbocycles. The first kappa shape index (κ1) is 27.6. The van der Waals surface area contributed by atoms with Crippen molar-refractivity contribution in [2.24, 2.45) is 0 Å². The van der Waals surface area contributed by atoms with Crippen LogP contribution in [0.2, 0.25) is 10.0 Å². The van der Waals surface area contributed by atoms with E-state index in [9.17, 15) is 9.59 Å². The highest BCUT2D eigenvalue weighted by molar-refractivity contribution is 6.36. The Balaban J connectivity index is 1.93. The number of nitrogens with one attached hydrogen (secondary N) is 1. The van der Waals surface area contributed by atoms with Crippen molar-refractivity contribution in [2.75, 3.05) is 13.2 Å². The minimum Gasteiger partial charge on any atom is -0.484 e. The molecule has 0 radical (unpaired) electrons. The Morgan fingerprint density at radius 1 is 0.972 bits per heavy atom. The van der Waals surface area contributed by atoms with E-state index in [1.54, 1.807) is 24.3 Å². The number of amides is 2. The average molecular weight is 527 g/mol. The fraction of sp³-hybridized carbons (Fsp3) is 0.310. The summed E-state index contributed by atoms with van der Waals surface area (Å²) >= 11 is 12.9. The number of rotatable bonds is 12. The quantitative estimate of drug-likeness (QED) is 0.284. The number of hydrogen-bond acceptors (Lipinski definition) is 3. The number of hydrogen-bond donors (Lipinski definition) is 1. The van der Waals surface area contributed by atoms with Crippen LogP contribution in [0, 0.1) is 6.92 Å². The molecule has 1 N–H and O–H groups in total. The number of halogens is 2. The van der Waals surface area contributed by atoms with Crippen molar-refractivity contribution in [1.29, 1.82) is 0 Å². The van der Waals surface area contributed by atoms with Crippen LogP contribution in [0.3, 0.4) is 0 Å². The van der Waals surface area contributed by atoms with Gasteiger partial charge in [0.05, 0.1) is 0 Å². The van der Waals surface area contributed by atoms with Gasteiger partial charge in [-0.15, -0.1) is 0 Å². The van der Waals surface area contributed by atoms with Crippen molar-refractivity contribution in [3.05, 3.63) is 99.5 Å². The van der Waals surface area contributed by atoms with E-state index in [0.717, 1.165) is 24.0 Å². The number of nitrogens with zero attached hydrogens (tertiary/aromatic N) is 1. The van der Waals surface area contributed by atoms with Crippen LogP contribution in [0.5, 0.6) is 5.75 Å². The van der Waals surface area contributed by atoms with Crippen molar-refractivity contribution in [1.82, 2.24) is 10.2 Å². The third-order valence-electron chi connectivity index (χ3n) is 5.84. The SMILES string of the molecule is CCCCNC(=O)[C@H](Cc1ccccc1)N(Cc1c(Cl)cccc1Cl)C(=O)COc1cccc(C)c1. The molecule has 0 aliphatic rings. The third kappa shape index (κ3) is 8.00. The zero-order chi connectivity index (χ0) is 25.9. The molecule has 0 unspecified atom stereocenters. The molecular weight excluding hydrogens is 495 g/mol. The Labute approximate surface area is 223 Å². The first-order chi connectivity index (χ1) is 17.4. The maximum absolute atomic E-state index is 13.6. The molecule has 190 valence electrons. The topological polar surface area (TPSA) is 58.6 Å². The lowest BCUT2D eigenvalue weighted by Crippen LogP contribution is -2.52. The molecule has 0 aliphatic carbocycles. The number of aryl methyl sites for hydroxylation is 1. The van der Waals surface area contributed by atoms with Crippen LogP contribution in [0.4, 0.5) is 0 Å². The molecule has 3 rings (SSSR count). The standard InChI is InChI=1S/C29H32Cl2N2O3/c1-3-4-16-32-29(35)27(18-22-11-6-5-7-12-22)33(19-24-25(30)14-9-15-26(24)31)28(34)20-36-23-13-8-10-21(2)17-23/h5-15,17,27H,3-4,16,18-20H2,1-2H3,(H,32,35)/t27-/m0/s1. The highest BCUT2D eigenvalue weighted by Crippen LogP contribution is 2.27. The van der Waals surface area contributed by atoms with E-state index in [-0.39, 0.29) is 25.0 Å². The summed E-state index contributed by atoms with van der Waals surface area (Å²) in [4.78, 5) is 28.6. The molecule has 0 heterocycles. The molecule has 0 fully saturated rings. The number of ether oxygens (including phenoxy) is 1. The highest BCUT2D eigenvalue weighted by atomic mass is 35.5. The molecular formula is C29H32Cl2N2O3. The lowest BCUT2D eigenvalue weighted by atomic mass is 10.0. The fourth-order valence-electron chi connectivity index (χ4n) is 3.85. The van der Waals surface area contributed by atoms with Gasteiger partial charge >= 0.3 is 0 Å². The van der Waals surface area contributed by atoms with E-state index in [2.05, 4.69) is 12.2 Å². The number of carbonyl (C=O) groups is 2. The smallest absolute Gasteiger partial charge is 0.261 e. The monoisotopic (exact) mass is 526 g/mol. The van der Waals surface area contributed by atoms with Gasteiger partial charge in [0.2, 0.25) is 5.91 Å². The summed E-state index contributed by atoms with van der Waals surface area (Å²) < 4.78 is 5.82. The lowest BCUT2D eigenvalue weighted by Gasteiger charge is -2.32. The van der Waals surface area contributed by atoms with Gasteiger partial charge in [0.25, 0.3) is 5.91 Å². The van der Waals surface area contributed by atoms with E-state index in [1.807, 2.05) is 55.5 Å². The van der Waals surface area contributed by atoms with Gasteiger partial charge in [-0.3, -0.25) is 9.59 Å². The Hall–Kier alpha value is -3.02. The normalized spacial score (nSPS) is 11.6. The summed E-state index contributed by atoms with van der Waals surface area (Å²) in [6.07, 6.45) is 2.15. The van der Waals surface area contributed by atoms with Gasteiger partial charge < -0.3 is 15.0 Å². The molecule has 2 amide bonds.